The number of fused-ring (bicyclic) bond motifs is 1. The van der Waals surface area contributed by atoms with E-state index in [1.807, 2.05) is 24.5 Å². The van der Waals surface area contributed by atoms with Gasteiger partial charge in [0.1, 0.15) is 0 Å². The Bertz CT molecular complexity index is 774. The van der Waals surface area contributed by atoms with E-state index in [-0.39, 0.29) is 5.91 Å². The number of benzene rings is 1. The summed E-state index contributed by atoms with van der Waals surface area (Å²) in [4.78, 5) is 18.7. The molecule has 0 saturated carbocycles. The SMILES string of the molecule is CC(=O)NCCCc1ccc(-c2c[nH]c3ccccc23)nc1. The number of nitrogens with one attached hydrogen (secondary N) is 2. The first-order valence-corrected chi connectivity index (χ1v) is 7.50. The highest BCUT2D eigenvalue weighted by Crippen LogP contribution is 2.26. The zero-order valence-corrected chi connectivity index (χ0v) is 12.6. The van der Waals surface area contributed by atoms with E-state index in [0.717, 1.165) is 29.6 Å². The van der Waals surface area contributed by atoms with Gasteiger partial charge < -0.3 is 10.3 Å². The Morgan fingerprint density at radius 3 is 2.86 bits per heavy atom. The molecule has 0 aliphatic carbocycles. The molecule has 22 heavy (non-hydrogen) atoms. The van der Waals surface area contributed by atoms with Crippen LogP contribution in [0.3, 0.4) is 0 Å². The van der Waals surface area contributed by atoms with Crippen molar-refractivity contribution in [1.82, 2.24) is 15.3 Å². The molecule has 112 valence electrons. The smallest absolute Gasteiger partial charge is 0.216 e. The fourth-order valence-electron chi connectivity index (χ4n) is 2.57. The van der Waals surface area contributed by atoms with Gasteiger partial charge in [-0.15, -0.1) is 0 Å². The summed E-state index contributed by atoms with van der Waals surface area (Å²) < 4.78 is 0. The molecule has 0 aliphatic heterocycles. The number of H-pyrrole nitrogens is 1. The van der Waals surface area contributed by atoms with E-state index < -0.39 is 0 Å². The van der Waals surface area contributed by atoms with Crippen molar-refractivity contribution in [3.05, 3.63) is 54.4 Å². The lowest BCUT2D eigenvalue weighted by Gasteiger charge is -2.04. The van der Waals surface area contributed by atoms with Gasteiger partial charge in [0.05, 0.1) is 5.69 Å². The van der Waals surface area contributed by atoms with Crippen LogP contribution < -0.4 is 5.32 Å². The summed E-state index contributed by atoms with van der Waals surface area (Å²) in [6.45, 7) is 2.25. The summed E-state index contributed by atoms with van der Waals surface area (Å²) in [7, 11) is 0. The van der Waals surface area contributed by atoms with Gasteiger partial charge in [0, 0.05) is 42.3 Å². The van der Waals surface area contributed by atoms with Crippen LogP contribution in [-0.2, 0) is 11.2 Å². The monoisotopic (exact) mass is 293 g/mol. The van der Waals surface area contributed by atoms with Crippen LogP contribution in [0.5, 0.6) is 0 Å². The first-order valence-electron chi connectivity index (χ1n) is 7.50. The van der Waals surface area contributed by atoms with Crippen LogP contribution in [0.4, 0.5) is 0 Å². The molecule has 2 aromatic heterocycles. The van der Waals surface area contributed by atoms with Crippen molar-refractivity contribution in [2.75, 3.05) is 6.54 Å². The van der Waals surface area contributed by atoms with Gasteiger partial charge in [0.25, 0.3) is 0 Å². The first kappa shape index (κ1) is 14.3. The van der Waals surface area contributed by atoms with Gasteiger partial charge in [0.2, 0.25) is 5.91 Å². The van der Waals surface area contributed by atoms with Crippen molar-refractivity contribution < 1.29 is 4.79 Å². The van der Waals surface area contributed by atoms with E-state index >= 15 is 0 Å². The zero-order chi connectivity index (χ0) is 15.4. The Kier molecular flexibility index (Phi) is 4.19. The molecule has 0 aliphatic rings. The van der Waals surface area contributed by atoms with E-state index in [4.69, 9.17) is 0 Å². The summed E-state index contributed by atoms with van der Waals surface area (Å²) in [5, 5.41) is 3.99. The molecule has 0 spiro atoms. The minimum absolute atomic E-state index is 0.0211. The number of carbonyl (C=O) groups excluding carboxylic acids is 1. The number of hydrogen-bond acceptors (Lipinski definition) is 2. The Hall–Kier alpha value is -2.62. The molecule has 1 aromatic carbocycles. The second-order valence-corrected chi connectivity index (χ2v) is 5.39. The standard InChI is InChI=1S/C18H19N3O/c1-13(22)19-10-4-5-14-8-9-18(20-11-14)16-12-21-17-7-3-2-6-15(16)17/h2-3,6-9,11-12,21H,4-5,10H2,1H3,(H,19,22). The highest BCUT2D eigenvalue weighted by Gasteiger charge is 2.06. The maximum absolute atomic E-state index is 10.8. The Morgan fingerprint density at radius 1 is 1.23 bits per heavy atom. The van der Waals surface area contributed by atoms with E-state index in [9.17, 15) is 4.79 Å². The molecular weight excluding hydrogens is 274 g/mol. The highest BCUT2D eigenvalue weighted by atomic mass is 16.1. The first-order chi connectivity index (χ1) is 10.7. The van der Waals surface area contributed by atoms with E-state index in [1.165, 1.54) is 17.9 Å². The minimum atomic E-state index is 0.0211. The Balaban J connectivity index is 1.70. The molecule has 0 bridgehead atoms. The molecule has 0 saturated heterocycles. The number of nitrogens with zero attached hydrogens (tertiary/aromatic N) is 1. The quantitative estimate of drug-likeness (QED) is 0.709. The second-order valence-electron chi connectivity index (χ2n) is 5.39. The van der Waals surface area contributed by atoms with Crippen LogP contribution in [-0.4, -0.2) is 22.4 Å². The van der Waals surface area contributed by atoms with E-state index in [0.29, 0.717) is 6.54 Å². The van der Waals surface area contributed by atoms with Crippen LogP contribution >= 0.6 is 0 Å². The molecule has 4 nitrogen and oxygen atoms in total. The third-order valence-corrected chi connectivity index (χ3v) is 3.71. The maximum atomic E-state index is 10.8. The lowest BCUT2D eigenvalue weighted by Crippen LogP contribution is -2.21. The van der Waals surface area contributed by atoms with Crippen molar-refractivity contribution in [3.8, 4) is 11.3 Å². The zero-order valence-electron chi connectivity index (χ0n) is 12.6. The molecular formula is C18H19N3O. The van der Waals surface area contributed by atoms with Gasteiger partial charge in [-0.25, -0.2) is 0 Å². The summed E-state index contributed by atoms with van der Waals surface area (Å²) >= 11 is 0. The lowest BCUT2D eigenvalue weighted by molar-refractivity contribution is -0.118. The van der Waals surface area contributed by atoms with Gasteiger partial charge in [-0.3, -0.25) is 9.78 Å². The average Bonchev–Trinajstić information content (AvgIpc) is 2.96. The van der Waals surface area contributed by atoms with Crippen molar-refractivity contribution in [2.24, 2.45) is 0 Å². The van der Waals surface area contributed by atoms with Crippen LogP contribution in [0, 0.1) is 0 Å². The number of rotatable bonds is 5. The predicted molar refractivity (Wildman–Crippen MR) is 88.5 cm³/mol. The molecule has 3 rings (SSSR count). The molecule has 4 heteroatoms. The lowest BCUT2D eigenvalue weighted by atomic mass is 10.1. The molecule has 1 amide bonds. The number of aromatic amines is 1. The van der Waals surface area contributed by atoms with Gasteiger partial charge in [0.15, 0.2) is 0 Å². The van der Waals surface area contributed by atoms with Crippen molar-refractivity contribution in [1.29, 1.82) is 0 Å². The van der Waals surface area contributed by atoms with Crippen LogP contribution in [0.2, 0.25) is 0 Å². The molecule has 0 fully saturated rings. The highest BCUT2D eigenvalue weighted by molar-refractivity contribution is 5.94. The minimum Gasteiger partial charge on any atom is -0.360 e. The van der Waals surface area contributed by atoms with Crippen molar-refractivity contribution in [3.63, 3.8) is 0 Å². The molecule has 2 N–H and O–H groups in total. The Labute approximate surface area is 129 Å². The van der Waals surface area contributed by atoms with Gasteiger partial charge in [-0.1, -0.05) is 24.3 Å². The second kappa shape index (κ2) is 6.43. The predicted octanol–water partition coefficient (Wildman–Crippen LogP) is 3.30. The fraction of sp³-hybridized carbons (Fsp3) is 0.222. The fourth-order valence-corrected chi connectivity index (χ4v) is 2.57. The largest absolute Gasteiger partial charge is 0.360 e. The summed E-state index contributed by atoms with van der Waals surface area (Å²) in [6, 6.07) is 12.4. The number of amides is 1. The summed E-state index contributed by atoms with van der Waals surface area (Å²) in [6.07, 6.45) is 5.77. The third kappa shape index (κ3) is 3.17. The normalized spacial score (nSPS) is 10.8. The van der Waals surface area contributed by atoms with Crippen molar-refractivity contribution in [2.45, 2.75) is 19.8 Å². The van der Waals surface area contributed by atoms with Crippen LogP contribution in [0.15, 0.2) is 48.8 Å². The number of para-hydroxylation sites is 1. The average molecular weight is 293 g/mol. The van der Waals surface area contributed by atoms with Crippen LogP contribution in [0.25, 0.3) is 22.2 Å². The molecule has 0 atom stereocenters. The molecule has 2 heterocycles. The number of pyridine rings is 1. The van der Waals surface area contributed by atoms with Crippen LogP contribution in [0.1, 0.15) is 18.9 Å². The van der Waals surface area contributed by atoms with Gasteiger partial charge >= 0.3 is 0 Å². The Morgan fingerprint density at radius 2 is 2.09 bits per heavy atom. The van der Waals surface area contributed by atoms with Gasteiger partial charge in [-0.05, 0) is 30.5 Å². The van der Waals surface area contributed by atoms with E-state index in [2.05, 4.69) is 39.6 Å². The maximum Gasteiger partial charge on any atom is 0.216 e. The molecule has 0 radical (unpaired) electrons. The van der Waals surface area contributed by atoms with Gasteiger partial charge in [-0.2, -0.15) is 0 Å². The number of carbonyl (C=O) groups is 1. The molecule has 0 unspecified atom stereocenters. The summed E-state index contributed by atoms with van der Waals surface area (Å²) in [5.74, 6) is 0.0211. The summed E-state index contributed by atoms with van der Waals surface area (Å²) in [5.41, 5.74) is 4.41. The topological polar surface area (TPSA) is 57.8 Å². The van der Waals surface area contributed by atoms with Crippen molar-refractivity contribution >= 4 is 16.8 Å². The number of aryl methyl sites for hydroxylation is 1. The third-order valence-electron chi connectivity index (χ3n) is 3.71. The number of hydrogen-bond donors (Lipinski definition) is 2. The molecule has 3 aromatic rings. The number of aromatic nitrogens is 2. The van der Waals surface area contributed by atoms with E-state index in [1.54, 1.807) is 0 Å².